The molecule has 0 aliphatic heterocycles. The Balaban J connectivity index is 1.84. The van der Waals surface area contributed by atoms with Gasteiger partial charge in [0.1, 0.15) is 5.75 Å². The van der Waals surface area contributed by atoms with E-state index >= 15 is 0 Å². The van der Waals surface area contributed by atoms with E-state index in [9.17, 15) is 4.79 Å². The summed E-state index contributed by atoms with van der Waals surface area (Å²) in [5.74, 6) is 1.05. The highest BCUT2D eigenvalue weighted by Gasteiger charge is 2.27. The maximum Gasteiger partial charge on any atom is 0.223 e. The lowest BCUT2D eigenvalue weighted by Gasteiger charge is -2.11. The molecular formula is C15H22N2O2. The monoisotopic (exact) mass is 262 g/mol. The molecule has 0 saturated heterocycles. The van der Waals surface area contributed by atoms with E-state index in [4.69, 9.17) is 10.5 Å². The fourth-order valence-corrected chi connectivity index (χ4v) is 2.50. The topological polar surface area (TPSA) is 64.3 Å². The van der Waals surface area contributed by atoms with Crippen molar-refractivity contribution < 1.29 is 9.53 Å². The van der Waals surface area contributed by atoms with Crippen molar-refractivity contribution in [1.29, 1.82) is 0 Å². The summed E-state index contributed by atoms with van der Waals surface area (Å²) in [4.78, 5) is 12.0. The second kappa shape index (κ2) is 6.57. The number of amides is 1. The van der Waals surface area contributed by atoms with Crippen LogP contribution in [0.2, 0.25) is 0 Å². The first kappa shape index (κ1) is 13.9. The number of rotatable bonds is 5. The van der Waals surface area contributed by atoms with Gasteiger partial charge in [0.2, 0.25) is 5.91 Å². The lowest BCUT2D eigenvalue weighted by Crippen LogP contribution is -2.29. The van der Waals surface area contributed by atoms with Crippen molar-refractivity contribution >= 4 is 5.91 Å². The van der Waals surface area contributed by atoms with Gasteiger partial charge in [-0.2, -0.15) is 0 Å². The van der Waals surface area contributed by atoms with Gasteiger partial charge in [-0.3, -0.25) is 4.79 Å². The van der Waals surface area contributed by atoms with Crippen molar-refractivity contribution in [3.63, 3.8) is 0 Å². The number of nitrogens with two attached hydrogens (primary N) is 1. The molecule has 2 unspecified atom stereocenters. The van der Waals surface area contributed by atoms with Gasteiger partial charge in [-0.15, -0.1) is 0 Å². The minimum Gasteiger partial charge on any atom is -0.494 e. The fraction of sp³-hybridized carbons (Fsp3) is 0.533. The summed E-state index contributed by atoms with van der Waals surface area (Å²) in [5.41, 5.74) is 6.88. The average Bonchev–Trinajstić information content (AvgIpc) is 2.84. The molecule has 0 bridgehead atoms. The first-order valence-electron chi connectivity index (χ1n) is 6.94. The van der Waals surface area contributed by atoms with Crippen LogP contribution in [0.25, 0.3) is 0 Å². The minimum atomic E-state index is 0.0880. The number of carbonyl (C=O) groups excluding carboxylic acids is 1. The fourth-order valence-electron chi connectivity index (χ4n) is 2.50. The third kappa shape index (κ3) is 3.96. The molecule has 0 aromatic heterocycles. The molecule has 3 N–H and O–H groups in total. The Morgan fingerprint density at radius 1 is 1.47 bits per heavy atom. The zero-order valence-electron chi connectivity index (χ0n) is 11.4. The van der Waals surface area contributed by atoms with Gasteiger partial charge in [-0.25, -0.2) is 0 Å². The molecule has 1 saturated carbocycles. The minimum absolute atomic E-state index is 0.0880. The van der Waals surface area contributed by atoms with E-state index in [0.717, 1.165) is 30.6 Å². The molecule has 104 valence electrons. The highest BCUT2D eigenvalue weighted by Crippen LogP contribution is 2.24. The van der Waals surface area contributed by atoms with Gasteiger partial charge in [-0.1, -0.05) is 12.1 Å². The zero-order chi connectivity index (χ0) is 13.7. The van der Waals surface area contributed by atoms with Crippen LogP contribution in [0.15, 0.2) is 24.3 Å². The quantitative estimate of drug-likeness (QED) is 0.851. The molecule has 2 atom stereocenters. The van der Waals surface area contributed by atoms with Gasteiger partial charge in [0.05, 0.1) is 6.61 Å². The van der Waals surface area contributed by atoms with Crippen molar-refractivity contribution in [3.8, 4) is 5.75 Å². The van der Waals surface area contributed by atoms with Crippen molar-refractivity contribution in [2.75, 3.05) is 6.61 Å². The number of ether oxygens (including phenoxy) is 1. The second-order valence-corrected chi connectivity index (χ2v) is 5.07. The van der Waals surface area contributed by atoms with E-state index in [1.165, 1.54) is 0 Å². The highest BCUT2D eigenvalue weighted by atomic mass is 16.5. The van der Waals surface area contributed by atoms with E-state index in [0.29, 0.717) is 13.2 Å². The lowest BCUT2D eigenvalue weighted by molar-refractivity contribution is -0.125. The van der Waals surface area contributed by atoms with Crippen LogP contribution in [0.4, 0.5) is 0 Å². The van der Waals surface area contributed by atoms with E-state index < -0.39 is 0 Å². The molecule has 0 spiro atoms. The summed E-state index contributed by atoms with van der Waals surface area (Å²) in [5, 5.41) is 2.98. The first-order chi connectivity index (χ1) is 9.19. The Morgan fingerprint density at radius 2 is 2.32 bits per heavy atom. The standard InChI is InChI=1S/C15H22N2O2/c1-2-19-14-5-3-4-11(8-14)10-17-15(18)12-6-7-13(16)9-12/h3-5,8,12-13H,2,6-7,9-10,16H2,1H3,(H,17,18). The van der Waals surface area contributed by atoms with Crippen LogP contribution in [0.1, 0.15) is 31.7 Å². The van der Waals surface area contributed by atoms with Gasteiger partial charge in [-0.05, 0) is 43.9 Å². The van der Waals surface area contributed by atoms with E-state index in [2.05, 4.69) is 5.32 Å². The lowest BCUT2D eigenvalue weighted by atomic mass is 10.1. The van der Waals surface area contributed by atoms with E-state index in [1.54, 1.807) is 0 Å². The molecule has 4 nitrogen and oxygen atoms in total. The summed E-state index contributed by atoms with van der Waals surface area (Å²) < 4.78 is 5.44. The van der Waals surface area contributed by atoms with E-state index in [-0.39, 0.29) is 17.9 Å². The van der Waals surface area contributed by atoms with Crippen LogP contribution in [0, 0.1) is 5.92 Å². The number of nitrogens with one attached hydrogen (secondary N) is 1. The Morgan fingerprint density at radius 3 is 3.00 bits per heavy atom. The summed E-state index contributed by atoms with van der Waals surface area (Å²) in [6, 6.07) is 8.01. The Bertz CT molecular complexity index is 434. The van der Waals surface area contributed by atoms with E-state index in [1.807, 2.05) is 31.2 Å². The molecule has 2 rings (SSSR count). The molecule has 1 aromatic carbocycles. The summed E-state index contributed by atoms with van der Waals surface area (Å²) in [6.07, 6.45) is 2.68. The second-order valence-electron chi connectivity index (χ2n) is 5.07. The van der Waals surface area contributed by atoms with Gasteiger partial charge in [0, 0.05) is 18.5 Å². The SMILES string of the molecule is CCOc1cccc(CNC(=O)C2CCC(N)C2)c1. The molecule has 1 aromatic rings. The molecule has 19 heavy (non-hydrogen) atoms. The van der Waals surface area contributed by atoms with Crippen molar-refractivity contribution in [3.05, 3.63) is 29.8 Å². The Labute approximate surface area is 114 Å². The molecule has 0 radical (unpaired) electrons. The van der Waals surface area contributed by atoms with Gasteiger partial charge in [0.15, 0.2) is 0 Å². The summed E-state index contributed by atoms with van der Waals surface area (Å²) in [6.45, 7) is 3.15. The van der Waals surface area contributed by atoms with Crippen molar-refractivity contribution in [2.45, 2.75) is 38.8 Å². The molecule has 1 aliphatic rings. The predicted molar refractivity (Wildman–Crippen MR) is 74.8 cm³/mol. The molecule has 4 heteroatoms. The molecular weight excluding hydrogens is 240 g/mol. The third-order valence-corrected chi connectivity index (χ3v) is 3.52. The number of carbonyl (C=O) groups is 1. The average molecular weight is 262 g/mol. The predicted octanol–water partition coefficient (Wildman–Crippen LogP) is 1.83. The van der Waals surface area contributed by atoms with Crippen LogP contribution < -0.4 is 15.8 Å². The third-order valence-electron chi connectivity index (χ3n) is 3.52. The number of hydrogen-bond acceptors (Lipinski definition) is 3. The Hall–Kier alpha value is -1.55. The van der Waals surface area contributed by atoms with Crippen LogP contribution in [-0.2, 0) is 11.3 Å². The summed E-state index contributed by atoms with van der Waals surface area (Å²) in [7, 11) is 0. The van der Waals surface area contributed by atoms with Crippen LogP contribution in [0.5, 0.6) is 5.75 Å². The highest BCUT2D eigenvalue weighted by molar-refractivity contribution is 5.79. The van der Waals surface area contributed by atoms with Crippen LogP contribution >= 0.6 is 0 Å². The normalized spacial score (nSPS) is 22.2. The van der Waals surface area contributed by atoms with Crippen LogP contribution in [0.3, 0.4) is 0 Å². The van der Waals surface area contributed by atoms with Gasteiger partial charge in [0.25, 0.3) is 0 Å². The molecule has 1 aliphatic carbocycles. The van der Waals surface area contributed by atoms with Gasteiger partial charge < -0.3 is 15.8 Å². The number of hydrogen-bond donors (Lipinski definition) is 2. The molecule has 0 heterocycles. The molecule has 1 fully saturated rings. The zero-order valence-corrected chi connectivity index (χ0v) is 11.4. The van der Waals surface area contributed by atoms with Gasteiger partial charge >= 0.3 is 0 Å². The summed E-state index contributed by atoms with van der Waals surface area (Å²) >= 11 is 0. The van der Waals surface area contributed by atoms with Crippen molar-refractivity contribution in [1.82, 2.24) is 5.32 Å². The Kier molecular flexibility index (Phi) is 4.80. The number of benzene rings is 1. The first-order valence-corrected chi connectivity index (χ1v) is 6.94. The largest absolute Gasteiger partial charge is 0.494 e. The maximum atomic E-state index is 12.0. The maximum absolute atomic E-state index is 12.0. The van der Waals surface area contributed by atoms with Crippen LogP contribution in [-0.4, -0.2) is 18.6 Å². The van der Waals surface area contributed by atoms with Crippen molar-refractivity contribution in [2.24, 2.45) is 11.7 Å². The molecule has 1 amide bonds. The smallest absolute Gasteiger partial charge is 0.223 e.